The molecule has 1 spiro atoms. The lowest BCUT2D eigenvalue weighted by Gasteiger charge is -2.60. The van der Waals surface area contributed by atoms with Gasteiger partial charge in [0.15, 0.2) is 0 Å². The van der Waals surface area contributed by atoms with Crippen molar-refractivity contribution in [2.24, 2.45) is 28.7 Å². The minimum absolute atomic E-state index is 0.00218. The van der Waals surface area contributed by atoms with Crippen LogP contribution in [0.2, 0.25) is 5.02 Å². The number of aryl methyl sites for hydroxylation is 1. The number of ether oxygens (including phenoxy) is 1. The molecule has 528 valence electrons. The van der Waals surface area contributed by atoms with Crippen molar-refractivity contribution in [3.05, 3.63) is 118 Å². The van der Waals surface area contributed by atoms with E-state index in [0.717, 1.165) is 113 Å². The molecule has 1 amide bonds. The van der Waals surface area contributed by atoms with Crippen molar-refractivity contribution in [2.75, 3.05) is 79.7 Å². The summed E-state index contributed by atoms with van der Waals surface area (Å²) < 4.78 is 88.2. The fraction of sp³-hybridized carbons (Fsp3) is 0.699. The molecule has 2 aromatic carbocycles. The Labute approximate surface area is 565 Å². The van der Waals surface area contributed by atoms with E-state index in [0.29, 0.717) is 88.5 Å². The largest absolute Gasteiger partial charge is 0.417 e. The molecule has 6 N–H and O–H groups in total. The third-order valence-corrected chi connectivity index (χ3v) is 21.4. The molecule has 4 fully saturated rings. The maximum atomic E-state index is 14.8. The summed E-state index contributed by atoms with van der Waals surface area (Å²) >= 11 is 6.18. The third kappa shape index (κ3) is 21.4. The fourth-order valence-electron chi connectivity index (χ4n) is 15.0. The summed E-state index contributed by atoms with van der Waals surface area (Å²) in [7, 11) is 3.89. The Balaban J connectivity index is 1.22. The molecular weight excluding hydrogens is 1230 g/mol. The second-order valence-corrected chi connectivity index (χ2v) is 28.8. The van der Waals surface area contributed by atoms with Gasteiger partial charge in [-0.15, -0.1) is 0 Å². The van der Waals surface area contributed by atoms with Crippen LogP contribution >= 0.6 is 11.6 Å². The van der Waals surface area contributed by atoms with Crippen LogP contribution in [0.1, 0.15) is 163 Å². The normalized spacial score (nSPS) is 28.4. The van der Waals surface area contributed by atoms with Gasteiger partial charge in [-0.1, -0.05) is 97.0 Å². The molecule has 3 saturated heterocycles. The van der Waals surface area contributed by atoms with Crippen molar-refractivity contribution >= 4 is 23.7 Å². The number of nitrogens with zero attached hydrogens (tertiary/aromatic N) is 6. The molecule has 0 radical (unpaired) electrons. The van der Waals surface area contributed by atoms with Crippen molar-refractivity contribution in [1.82, 2.24) is 56.4 Å². The van der Waals surface area contributed by atoms with E-state index in [1.807, 2.05) is 42.4 Å². The number of aliphatic imine (C=N–C) groups is 1. The summed E-state index contributed by atoms with van der Waals surface area (Å²) in [5.74, 6) is 1.29. The molecule has 5 aliphatic rings. The molecule has 5 unspecified atom stereocenters. The van der Waals surface area contributed by atoms with Gasteiger partial charge in [0.2, 0.25) is 5.91 Å². The highest BCUT2D eigenvalue weighted by molar-refractivity contribution is 6.31. The van der Waals surface area contributed by atoms with Crippen LogP contribution in [0, 0.1) is 23.7 Å². The number of hydrogen-bond donors (Lipinski definition) is 6. The molecule has 0 bridgehead atoms. The Kier molecular flexibility index (Phi) is 29.1. The highest BCUT2D eigenvalue weighted by Crippen LogP contribution is 2.42. The number of halogens is 7. The minimum atomic E-state index is -4.57. The number of benzene rings is 2. The van der Waals surface area contributed by atoms with Gasteiger partial charge in [-0.2, -0.15) is 26.3 Å². The number of carbonyl (C=O) groups excluding carboxylic acids is 1. The SMILES string of the molecule is CC[C@H](C)[C@H]1C(C)NC2(CCCC2)CNCCN=CC=C(CCc2ccc(C(F)(F)F)c(Cl)c2)NC=CN(C)C=C(Cc2ccc(C(F)(F)F)cc2)N(C)C=C2CCCN2[C@@H](C)C(C)N[C@@H]([C@@H](C)CC)CN[C@@H](CC(C)C)C(C)NCC2[C@@H](C(=O)N3CCOCC3)C(C)N21. The first-order valence-corrected chi connectivity index (χ1v) is 35.6. The molecule has 4 heterocycles. The van der Waals surface area contributed by atoms with Gasteiger partial charge in [-0.3, -0.25) is 14.7 Å². The fourth-order valence-corrected chi connectivity index (χ4v) is 15.3. The second kappa shape index (κ2) is 35.7. The Hall–Kier alpha value is -4.67. The zero-order valence-corrected chi connectivity index (χ0v) is 59.5. The topological polar surface area (TPSA) is 127 Å². The van der Waals surface area contributed by atoms with E-state index in [-0.39, 0.29) is 76.8 Å². The molecule has 1 aliphatic carbocycles. The predicted molar refractivity (Wildman–Crippen MR) is 371 cm³/mol. The number of alkyl halides is 6. The van der Waals surface area contributed by atoms with Crippen molar-refractivity contribution in [1.29, 1.82) is 0 Å². The van der Waals surface area contributed by atoms with Crippen LogP contribution in [0.25, 0.3) is 0 Å². The van der Waals surface area contributed by atoms with Crippen molar-refractivity contribution in [2.45, 2.75) is 225 Å². The van der Waals surface area contributed by atoms with Gasteiger partial charge in [-0.25, -0.2) is 0 Å². The van der Waals surface area contributed by atoms with E-state index in [1.54, 1.807) is 12.4 Å². The van der Waals surface area contributed by atoms with E-state index >= 15 is 0 Å². The van der Waals surface area contributed by atoms with E-state index in [4.69, 9.17) is 21.3 Å². The molecular formula is C73H115ClF6N12O2. The van der Waals surface area contributed by atoms with Crippen molar-refractivity contribution in [3.63, 3.8) is 0 Å². The van der Waals surface area contributed by atoms with Gasteiger partial charge in [0, 0.05) is 174 Å². The smallest absolute Gasteiger partial charge is 0.378 e. The zero-order chi connectivity index (χ0) is 68.5. The van der Waals surface area contributed by atoms with Gasteiger partial charge in [-0.05, 0) is 139 Å². The molecule has 94 heavy (non-hydrogen) atoms. The van der Waals surface area contributed by atoms with Gasteiger partial charge < -0.3 is 56.2 Å². The Morgan fingerprint density at radius 2 is 1.49 bits per heavy atom. The van der Waals surface area contributed by atoms with E-state index in [2.05, 4.69) is 129 Å². The Bertz CT molecular complexity index is 2820. The summed E-state index contributed by atoms with van der Waals surface area (Å²) in [6.07, 6.45) is 12.9. The Morgan fingerprint density at radius 3 is 2.14 bits per heavy atom. The van der Waals surface area contributed by atoms with Crippen LogP contribution in [-0.2, 0) is 34.7 Å². The number of rotatable bonds is 12. The molecule has 14 nitrogen and oxygen atoms in total. The number of allylic oxidation sites excluding steroid dienone is 4. The summed E-state index contributed by atoms with van der Waals surface area (Å²) in [5.41, 5.74) is 2.48. The van der Waals surface area contributed by atoms with Crippen molar-refractivity contribution in [3.8, 4) is 0 Å². The first-order valence-electron chi connectivity index (χ1n) is 35.2. The highest BCUT2D eigenvalue weighted by atomic mass is 35.5. The average molecular weight is 1340 g/mol. The summed E-state index contributed by atoms with van der Waals surface area (Å²) in [5, 5.41) is 23.5. The zero-order valence-electron chi connectivity index (χ0n) is 58.7. The maximum absolute atomic E-state index is 14.8. The van der Waals surface area contributed by atoms with Crippen LogP contribution in [0.5, 0.6) is 0 Å². The summed E-state index contributed by atoms with van der Waals surface area (Å²) in [6, 6.07) is 10.3. The van der Waals surface area contributed by atoms with Gasteiger partial charge in [0.1, 0.15) is 0 Å². The van der Waals surface area contributed by atoms with Crippen LogP contribution in [0.4, 0.5) is 26.3 Å². The monoisotopic (exact) mass is 1340 g/mol. The number of morpholine rings is 1. The molecule has 0 aromatic heterocycles. The van der Waals surface area contributed by atoms with Crippen LogP contribution in [-0.4, -0.2) is 176 Å². The minimum Gasteiger partial charge on any atom is -0.378 e. The Morgan fingerprint density at radius 1 is 0.798 bits per heavy atom. The third-order valence-electron chi connectivity index (χ3n) is 21.1. The maximum Gasteiger partial charge on any atom is 0.417 e. The summed E-state index contributed by atoms with van der Waals surface area (Å²) in [6.45, 7) is 32.2. The number of fused-ring (bicyclic) bond motifs is 2. The summed E-state index contributed by atoms with van der Waals surface area (Å²) in [4.78, 5) is 30.9. The van der Waals surface area contributed by atoms with Gasteiger partial charge in [0.25, 0.3) is 0 Å². The number of nitrogens with one attached hydrogen (secondary N) is 6. The lowest BCUT2D eigenvalue weighted by atomic mass is 9.74. The first-order chi connectivity index (χ1) is 44.6. The number of likely N-dealkylation sites (N-methyl/N-ethyl adjacent to an activating group) is 1. The molecule has 12 atom stereocenters. The second-order valence-electron chi connectivity index (χ2n) is 28.4. The first kappa shape index (κ1) is 76.7. The van der Waals surface area contributed by atoms with E-state index in [1.165, 1.54) is 30.0 Å². The van der Waals surface area contributed by atoms with E-state index in [9.17, 15) is 31.1 Å². The predicted octanol–water partition coefficient (Wildman–Crippen LogP) is 12.8. The number of hydrogen-bond acceptors (Lipinski definition) is 13. The lowest BCUT2D eigenvalue weighted by Crippen LogP contribution is -2.76. The molecule has 4 aliphatic heterocycles. The number of carbonyl (C=O) groups is 1. The number of amides is 1. The van der Waals surface area contributed by atoms with Gasteiger partial charge in [0.05, 0.1) is 41.8 Å². The molecule has 21 heteroatoms. The quantitative estimate of drug-likeness (QED) is 0.113. The highest BCUT2D eigenvalue weighted by Gasteiger charge is 2.55. The van der Waals surface area contributed by atoms with Crippen LogP contribution in [0.15, 0.2) is 95.4 Å². The van der Waals surface area contributed by atoms with E-state index < -0.39 is 23.5 Å². The standard InChI is InChI=1S/C73H115ClF6N12O2/c1-14-50(5)66-44-85-65(41-49(3)4)53(8)84-45-67-68(70(93)90-37-39-94-40-38-90)56(11)92(67)69(51(6)15-2)54(9)87-71(29-16-17-30-71)48-82-33-32-81-31-28-60(26-22-58-23-27-63(64(74)43-58)73(78,79)80)83-34-36-88(12)46-62(42-57-20-24-59(25-21-57)72(75,76)77)89(13)47-61-19-18-35-91(61)55(10)52(7)86-66/h20-21,23-25,27-28,31,34,36,43,46-47,49-56,65-69,82-87H,14-19,22,26,29-30,32-33,35,37-42,44-45,48H2,1-13H3/t50-,51-,52?,53?,54?,55-,56?,65-,66+,67?,68-,69-/m0/s1. The molecule has 7 rings (SSSR count). The van der Waals surface area contributed by atoms with Crippen LogP contribution in [0.3, 0.4) is 0 Å². The molecule has 1 saturated carbocycles. The van der Waals surface area contributed by atoms with Crippen LogP contribution < -0.4 is 31.9 Å². The van der Waals surface area contributed by atoms with Crippen molar-refractivity contribution < 1.29 is 35.9 Å². The lowest BCUT2D eigenvalue weighted by molar-refractivity contribution is -0.165. The molecule has 2 aromatic rings. The average Bonchev–Trinajstić information content (AvgIpc) is 0.828. The van der Waals surface area contributed by atoms with Gasteiger partial charge >= 0.3 is 12.4 Å².